The number of nitrogens with two attached hydrogens (primary N) is 1. The second-order valence-electron chi connectivity index (χ2n) is 5.96. The van der Waals surface area contributed by atoms with Crippen LogP contribution >= 0.6 is 12.1 Å². The van der Waals surface area contributed by atoms with Gasteiger partial charge < -0.3 is 5.73 Å². The van der Waals surface area contributed by atoms with E-state index in [-0.39, 0.29) is 24.3 Å². The van der Waals surface area contributed by atoms with Crippen LogP contribution in [0.1, 0.15) is 6.42 Å². The lowest BCUT2D eigenvalue weighted by atomic mass is 9.95. The van der Waals surface area contributed by atoms with Crippen LogP contribution < -0.4 is 15.6 Å². The van der Waals surface area contributed by atoms with Crippen molar-refractivity contribution in [3.05, 3.63) is 53.2 Å². The Hall–Kier alpha value is -2.98. The summed E-state index contributed by atoms with van der Waals surface area (Å²) in [6, 6.07) is 6.67. The Bertz CT molecular complexity index is 989. The number of Topliss-reactive ketones (excluding diaryl/α,β-unsaturated/α-hetero) is 1. The number of carbonyl (C=O) groups excluding carboxylic acids is 3. The Balaban J connectivity index is 1.67. The quantitative estimate of drug-likeness (QED) is 0.578. The molecular formula is C16H13N5O4S. The number of primary amides is 1. The minimum Gasteiger partial charge on any atom is -0.368 e. The van der Waals surface area contributed by atoms with Gasteiger partial charge in [0.15, 0.2) is 11.3 Å². The van der Waals surface area contributed by atoms with Gasteiger partial charge in [0, 0.05) is 36.6 Å². The Labute approximate surface area is 151 Å². The highest BCUT2D eigenvalue weighted by atomic mass is 32.2. The van der Waals surface area contributed by atoms with Crippen molar-refractivity contribution in [1.82, 2.24) is 13.9 Å². The maximum atomic E-state index is 12.9. The molecule has 1 aromatic carbocycles. The Morgan fingerprint density at radius 2 is 1.85 bits per heavy atom. The summed E-state index contributed by atoms with van der Waals surface area (Å²) in [6.07, 6.45) is 4.03. The average molecular weight is 371 g/mol. The number of amides is 2. The molecule has 2 amide bonds. The zero-order valence-electron chi connectivity index (χ0n) is 13.4. The summed E-state index contributed by atoms with van der Waals surface area (Å²) >= 11 is 0.995. The number of ketones is 1. The van der Waals surface area contributed by atoms with E-state index in [4.69, 9.17) is 5.73 Å². The van der Waals surface area contributed by atoms with E-state index >= 15 is 0 Å². The first-order valence-electron chi connectivity index (χ1n) is 7.68. The number of carbonyl (C=O) groups is 3. The fraction of sp³-hybridized carbons (Fsp3) is 0.188. The lowest BCUT2D eigenvalue weighted by Gasteiger charge is -2.21. The third-order valence-electron chi connectivity index (χ3n) is 4.41. The molecule has 1 aromatic heterocycles. The molecule has 0 unspecified atom stereocenters. The molecule has 2 aliphatic heterocycles. The van der Waals surface area contributed by atoms with Gasteiger partial charge in [-0.15, -0.1) is 0 Å². The highest BCUT2D eigenvalue weighted by Crippen LogP contribution is 2.45. The van der Waals surface area contributed by atoms with Crippen LogP contribution in [0.5, 0.6) is 0 Å². The third-order valence-corrected chi connectivity index (χ3v) is 5.59. The number of anilines is 1. The minimum atomic E-state index is -1.62. The smallest absolute Gasteiger partial charge is 0.273 e. The van der Waals surface area contributed by atoms with Crippen molar-refractivity contribution in [3.63, 3.8) is 0 Å². The van der Waals surface area contributed by atoms with Crippen LogP contribution in [0.25, 0.3) is 5.69 Å². The van der Waals surface area contributed by atoms with Crippen molar-refractivity contribution in [2.24, 2.45) is 5.73 Å². The van der Waals surface area contributed by atoms with Crippen LogP contribution in [0, 0.1) is 0 Å². The number of hydrogen-bond acceptors (Lipinski definition) is 7. The number of aromatic nitrogens is 2. The molecule has 0 aliphatic carbocycles. The van der Waals surface area contributed by atoms with Crippen molar-refractivity contribution in [2.45, 2.75) is 12.0 Å². The molecule has 2 aromatic rings. The summed E-state index contributed by atoms with van der Waals surface area (Å²) in [5, 5.41) is 0. The molecule has 0 saturated carbocycles. The monoisotopic (exact) mass is 371 g/mol. The Kier molecular flexibility index (Phi) is 3.67. The largest absolute Gasteiger partial charge is 0.368 e. The van der Waals surface area contributed by atoms with E-state index in [1.165, 1.54) is 31.8 Å². The topological polar surface area (TPSA) is 119 Å². The van der Waals surface area contributed by atoms with Crippen LogP contribution in [0.15, 0.2) is 47.7 Å². The van der Waals surface area contributed by atoms with Crippen molar-refractivity contribution in [2.75, 3.05) is 10.8 Å². The van der Waals surface area contributed by atoms with E-state index in [2.05, 4.69) is 4.98 Å². The second kappa shape index (κ2) is 5.78. The molecule has 26 heavy (non-hydrogen) atoms. The molecule has 0 bridgehead atoms. The highest BCUT2D eigenvalue weighted by Gasteiger charge is 2.63. The number of hydrogen-bond donors (Lipinski definition) is 1. The predicted molar refractivity (Wildman–Crippen MR) is 93.2 cm³/mol. The van der Waals surface area contributed by atoms with E-state index < -0.39 is 17.4 Å². The summed E-state index contributed by atoms with van der Waals surface area (Å²) in [7, 11) is 0. The van der Waals surface area contributed by atoms with Crippen molar-refractivity contribution < 1.29 is 14.4 Å². The van der Waals surface area contributed by atoms with Crippen LogP contribution in [-0.2, 0) is 14.4 Å². The highest BCUT2D eigenvalue weighted by molar-refractivity contribution is 7.99. The maximum absolute atomic E-state index is 12.9. The summed E-state index contributed by atoms with van der Waals surface area (Å²) in [6.45, 7) is -0.0136. The predicted octanol–water partition coefficient (Wildman–Crippen LogP) is -0.359. The van der Waals surface area contributed by atoms with Crippen LogP contribution in [-0.4, -0.2) is 43.5 Å². The molecule has 0 spiro atoms. The van der Waals surface area contributed by atoms with Gasteiger partial charge in [0.1, 0.15) is 0 Å². The van der Waals surface area contributed by atoms with Gasteiger partial charge >= 0.3 is 0 Å². The standard InChI is InChI=1S/C16H13N5O4S/c17-14(24)16-7-12(22)9-20(16)26-21(15(16)25)11-3-1-10(2-4-11)19-6-5-18-8-13(19)23/h1-6,8H,7,9H2,(H2,17,24)/t16-/m1/s1. The molecule has 2 N–H and O–H groups in total. The van der Waals surface area contributed by atoms with E-state index in [9.17, 15) is 19.2 Å². The number of rotatable bonds is 3. The second-order valence-corrected chi connectivity index (χ2v) is 6.93. The number of fused-ring (bicyclic) bond motifs is 1. The summed E-state index contributed by atoms with van der Waals surface area (Å²) in [5.41, 5.74) is 4.68. The first kappa shape index (κ1) is 16.5. The molecule has 132 valence electrons. The van der Waals surface area contributed by atoms with Gasteiger partial charge in [-0.1, -0.05) is 0 Å². The summed E-state index contributed by atoms with van der Waals surface area (Å²) in [4.78, 5) is 52.1. The summed E-state index contributed by atoms with van der Waals surface area (Å²) < 4.78 is 4.19. The Morgan fingerprint density at radius 3 is 2.46 bits per heavy atom. The van der Waals surface area contributed by atoms with Crippen LogP contribution in [0.2, 0.25) is 0 Å². The number of nitrogens with zero attached hydrogens (tertiary/aromatic N) is 4. The summed E-state index contributed by atoms with van der Waals surface area (Å²) in [5.74, 6) is -1.56. The molecule has 10 heteroatoms. The van der Waals surface area contributed by atoms with E-state index in [1.54, 1.807) is 24.3 Å². The molecular weight excluding hydrogens is 358 g/mol. The molecule has 2 fully saturated rings. The lowest BCUT2D eigenvalue weighted by molar-refractivity contribution is -0.136. The maximum Gasteiger partial charge on any atom is 0.273 e. The first-order chi connectivity index (χ1) is 12.4. The van der Waals surface area contributed by atoms with Gasteiger partial charge in [-0.3, -0.25) is 28.7 Å². The van der Waals surface area contributed by atoms with Gasteiger partial charge in [-0.2, -0.15) is 4.31 Å². The molecule has 3 heterocycles. The fourth-order valence-corrected chi connectivity index (χ4v) is 4.31. The number of benzene rings is 1. The molecule has 4 rings (SSSR count). The van der Waals surface area contributed by atoms with Crippen molar-refractivity contribution >= 4 is 35.4 Å². The zero-order chi connectivity index (χ0) is 18.5. The minimum absolute atomic E-state index is 0.0136. The zero-order valence-corrected chi connectivity index (χ0v) is 14.2. The van der Waals surface area contributed by atoms with E-state index in [1.807, 2.05) is 0 Å². The molecule has 2 aliphatic rings. The van der Waals surface area contributed by atoms with Gasteiger partial charge in [-0.25, -0.2) is 4.31 Å². The van der Waals surface area contributed by atoms with Gasteiger partial charge in [0.25, 0.3) is 11.5 Å². The van der Waals surface area contributed by atoms with E-state index in [0.717, 1.165) is 12.1 Å². The fourth-order valence-electron chi connectivity index (χ4n) is 3.10. The van der Waals surface area contributed by atoms with Crippen LogP contribution in [0.3, 0.4) is 0 Å². The first-order valence-corrected chi connectivity index (χ1v) is 8.41. The van der Waals surface area contributed by atoms with Gasteiger partial charge in [0.2, 0.25) is 5.91 Å². The average Bonchev–Trinajstić information content (AvgIpc) is 3.09. The molecule has 9 nitrogen and oxygen atoms in total. The van der Waals surface area contributed by atoms with Gasteiger partial charge in [-0.05, 0) is 24.3 Å². The molecule has 0 radical (unpaired) electrons. The normalized spacial score (nSPS) is 22.7. The van der Waals surface area contributed by atoms with Crippen molar-refractivity contribution in [1.29, 1.82) is 0 Å². The third kappa shape index (κ3) is 2.26. The van der Waals surface area contributed by atoms with Crippen molar-refractivity contribution in [3.8, 4) is 5.69 Å². The van der Waals surface area contributed by atoms with Gasteiger partial charge in [0.05, 0.1) is 18.4 Å². The molecule has 1 atom stereocenters. The SMILES string of the molecule is NC(=O)[C@@]12CC(=O)CN1SN(c1ccc(-n3ccncc3=O)cc1)C2=O. The lowest BCUT2D eigenvalue weighted by Crippen LogP contribution is -2.55. The van der Waals surface area contributed by atoms with Crippen LogP contribution in [0.4, 0.5) is 5.69 Å². The Morgan fingerprint density at radius 1 is 1.15 bits per heavy atom. The molecule has 2 saturated heterocycles. The van der Waals surface area contributed by atoms with E-state index in [0.29, 0.717) is 11.4 Å².